The van der Waals surface area contributed by atoms with Crippen LogP contribution in [-0.2, 0) is 10.0 Å². The van der Waals surface area contributed by atoms with Crippen molar-refractivity contribution in [3.8, 4) is 16.3 Å². The normalized spacial score (nSPS) is 11.2. The molecular formula is C16H12N2O5S2. The van der Waals surface area contributed by atoms with Crippen molar-refractivity contribution in [1.29, 1.82) is 0 Å². The van der Waals surface area contributed by atoms with E-state index in [0.717, 1.165) is 11.3 Å². The van der Waals surface area contributed by atoms with Gasteiger partial charge in [-0.1, -0.05) is 0 Å². The first-order valence-corrected chi connectivity index (χ1v) is 9.32. The Morgan fingerprint density at radius 2 is 1.68 bits per heavy atom. The van der Waals surface area contributed by atoms with Gasteiger partial charge in [-0.3, -0.25) is 4.72 Å². The molecule has 0 atom stereocenters. The highest BCUT2D eigenvalue weighted by atomic mass is 32.2. The van der Waals surface area contributed by atoms with Crippen molar-refractivity contribution in [3.05, 3.63) is 59.5 Å². The zero-order chi connectivity index (χ0) is 18.0. The molecule has 3 rings (SSSR count). The van der Waals surface area contributed by atoms with E-state index in [1.807, 2.05) is 0 Å². The molecule has 1 heterocycles. The number of anilines is 1. The molecule has 0 unspecified atom stereocenters. The van der Waals surface area contributed by atoms with Gasteiger partial charge in [-0.2, -0.15) is 8.42 Å². The fraction of sp³-hybridized carbons (Fsp3) is 0. The molecule has 0 amide bonds. The summed E-state index contributed by atoms with van der Waals surface area (Å²) in [5.41, 5.74) is 0.991. The monoisotopic (exact) mass is 376 g/mol. The van der Waals surface area contributed by atoms with Gasteiger partial charge in [0.2, 0.25) is 0 Å². The van der Waals surface area contributed by atoms with E-state index in [1.165, 1.54) is 41.8 Å². The number of nitrogens with zero attached hydrogens (tertiary/aromatic N) is 1. The number of carboxylic acid groups (broad SMARTS) is 1. The number of hydrogen-bond acceptors (Lipinski definition) is 6. The Kier molecular flexibility index (Phi) is 4.43. The van der Waals surface area contributed by atoms with E-state index in [0.29, 0.717) is 10.6 Å². The lowest BCUT2D eigenvalue weighted by molar-refractivity contribution is 0.0697. The van der Waals surface area contributed by atoms with Gasteiger partial charge in [0.25, 0.3) is 10.0 Å². The van der Waals surface area contributed by atoms with Crippen LogP contribution in [0.2, 0.25) is 0 Å². The maximum absolute atomic E-state index is 12.4. The molecule has 0 radical (unpaired) electrons. The van der Waals surface area contributed by atoms with Gasteiger partial charge in [-0.25, -0.2) is 9.78 Å². The van der Waals surface area contributed by atoms with Gasteiger partial charge in [0.05, 0.1) is 5.56 Å². The van der Waals surface area contributed by atoms with Crippen LogP contribution in [-0.4, -0.2) is 29.6 Å². The summed E-state index contributed by atoms with van der Waals surface area (Å²) in [6.45, 7) is 0. The van der Waals surface area contributed by atoms with E-state index in [1.54, 1.807) is 12.1 Å². The zero-order valence-electron chi connectivity index (χ0n) is 12.6. The van der Waals surface area contributed by atoms with Crippen molar-refractivity contribution < 1.29 is 23.4 Å². The Labute approximate surface area is 147 Å². The van der Waals surface area contributed by atoms with Crippen LogP contribution in [0.15, 0.2) is 58.9 Å². The number of thiazole rings is 1. The first-order chi connectivity index (χ1) is 11.8. The van der Waals surface area contributed by atoms with E-state index in [4.69, 9.17) is 5.11 Å². The first-order valence-electron chi connectivity index (χ1n) is 6.96. The van der Waals surface area contributed by atoms with Gasteiger partial charge in [-0.05, 0) is 48.5 Å². The fourth-order valence-electron chi connectivity index (χ4n) is 2.01. The Bertz CT molecular complexity index is 1010. The van der Waals surface area contributed by atoms with Crippen LogP contribution in [0.4, 0.5) is 5.69 Å². The zero-order valence-corrected chi connectivity index (χ0v) is 14.2. The number of aromatic hydroxyl groups is 1. The summed E-state index contributed by atoms with van der Waals surface area (Å²) in [6.07, 6.45) is 0. The number of benzene rings is 2. The van der Waals surface area contributed by atoms with Crippen molar-refractivity contribution in [2.24, 2.45) is 0 Å². The molecule has 2 aromatic carbocycles. The Balaban J connectivity index is 1.83. The molecule has 0 saturated carbocycles. The Morgan fingerprint density at radius 1 is 1.04 bits per heavy atom. The molecule has 0 aliphatic carbocycles. The number of aromatic carboxylic acids is 1. The van der Waals surface area contributed by atoms with Gasteiger partial charge in [0.15, 0.2) is 5.03 Å². The van der Waals surface area contributed by atoms with E-state index < -0.39 is 16.0 Å². The van der Waals surface area contributed by atoms with E-state index in [9.17, 15) is 18.3 Å². The average molecular weight is 376 g/mol. The lowest BCUT2D eigenvalue weighted by Gasteiger charge is -2.06. The highest BCUT2D eigenvalue weighted by Gasteiger charge is 2.19. The minimum Gasteiger partial charge on any atom is -0.508 e. The van der Waals surface area contributed by atoms with Crippen molar-refractivity contribution in [2.45, 2.75) is 5.03 Å². The molecule has 1 aromatic heterocycles. The summed E-state index contributed by atoms with van der Waals surface area (Å²) in [5, 5.41) is 19.9. The first kappa shape index (κ1) is 16.9. The molecular weight excluding hydrogens is 364 g/mol. The van der Waals surface area contributed by atoms with Crippen molar-refractivity contribution in [2.75, 3.05) is 4.72 Å². The third-order valence-corrected chi connectivity index (χ3v) is 5.56. The number of carbonyl (C=O) groups is 1. The number of phenols is 1. The molecule has 0 spiro atoms. The van der Waals surface area contributed by atoms with Crippen LogP contribution < -0.4 is 4.72 Å². The molecule has 128 valence electrons. The predicted octanol–water partition coefficient (Wildman–Crippen LogP) is 3.01. The van der Waals surface area contributed by atoms with Crippen LogP contribution in [0.25, 0.3) is 10.6 Å². The number of carboxylic acids is 1. The smallest absolute Gasteiger partial charge is 0.335 e. The standard InChI is InChI=1S/C16H12N2O5S2/c19-13-7-3-10(4-8-13)15-17-14(9-24-15)25(22,23)18-12-5-1-11(2-6-12)16(20)21/h1-9,18-19H,(H,20,21). The fourth-order valence-corrected chi connectivity index (χ4v) is 4.17. The van der Waals surface area contributed by atoms with Crippen molar-refractivity contribution in [1.82, 2.24) is 4.98 Å². The summed E-state index contributed by atoms with van der Waals surface area (Å²) in [7, 11) is -3.89. The Morgan fingerprint density at radius 3 is 2.28 bits per heavy atom. The minimum atomic E-state index is -3.89. The topological polar surface area (TPSA) is 117 Å². The maximum atomic E-state index is 12.4. The summed E-state index contributed by atoms with van der Waals surface area (Å²) in [6, 6.07) is 11.6. The van der Waals surface area contributed by atoms with E-state index in [-0.39, 0.29) is 22.0 Å². The van der Waals surface area contributed by atoms with Crippen LogP contribution >= 0.6 is 11.3 Å². The Hall–Kier alpha value is -2.91. The van der Waals surface area contributed by atoms with Crippen molar-refractivity contribution in [3.63, 3.8) is 0 Å². The highest BCUT2D eigenvalue weighted by molar-refractivity contribution is 7.92. The average Bonchev–Trinajstić information content (AvgIpc) is 3.06. The predicted molar refractivity (Wildman–Crippen MR) is 93.4 cm³/mol. The molecule has 0 aliphatic rings. The molecule has 7 nitrogen and oxygen atoms in total. The lowest BCUT2D eigenvalue weighted by atomic mass is 10.2. The SMILES string of the molecule is O=C(O)c1ccc(NS(=O)(=O)c2csc(-c3ccc(O)cc3)n2)cc1. The molecule has 3 aromatic rings. The molecule has 25 heavy (non-hydrogen) atoms. The summed E-state index contributed by atoms with van der Waals surface area (Å²) in [5.74, 6) is -0.980. The quantitative estimate of drug-likeness (QED) is 0.630. The summed E-state index contributed by atoms with van der Waals surface area (Å²) >= 11 is 1.16. The third-order valence-electron chi connectivity index (χ3n) is 3.26. The summed E-state index contributed by atoms with van der Waals surface area (Å²) < 4.78 is 27.1. The van der Waals surface area contributed by atoms with E-state index in [2.05, 4.69) is 9.71 Å². The third kappa shape index (κ3) is 3.78. The second-order valence-corrected chi connectivity index (χ2v) is 7.51. The number of hydrogen-bond donors (Lipinski definition) is 3. The minimum absolute atomic E-state index is 0.0613. The van der Waals surface area contributed by atoms with Gasteiger partial charge in [0.1, 0.15) is 10.8 Å². The molecule has 9 heteroatoms. The van der Waals surface area contributed by atoms with Crippen molar-refractivity contribution >= 4 is 33.0 Å². The number of sulfonamides is 1. The molecule has 0 fully saturated rings. The maximum Gasteiger partial charge on any atom is 0.335 e. The second-order valence-electron chi connectivity index (χ2n) is 5.03. The summed E-state index contributed by atoms with van der Waals surface area (Å²) in [4.78, 5) is 14.9. The largest absolute Gasteiger partial charge is 0.508 e. The van der Waals surface area contributed by atoms with Gasteiger partial charge < -0.3 is 10.2 Å². The molecule has 0 saturated heterocycles. The lowest BCUT2D eigenvalue weighted by Crippen LogP contribution is -2.13. The molecule has 3 N–H and O–H groups in total. The number of nitrogens with one attached hydrogen (secondary N) is 1. The van der Waals surface area contributed by atoms with Crippen LogP contribution in [0, 0.1) is 0 Å². The number of phenolic OH excluding ortho intramolecular Hbond substituents is 1. The number of aromatic nitrogens is 1. The highest BCUT2D eigenvalue weighted by Crippen LogP contribution is 2.27. The van der Waals surface area contributed by atoms with E-state index >= 15 is 0 Å². The molecule has 0 aliphatic heterocycles. The van der Waals surface area contributed by atoms with Gasteiger partial charge in [-0.15, -0.1) is 11.3 Å². The van der Waals surface area contributed by atoms with Crippen LogP contribution in [0.1, 0.15) is 10.4 Å². The van der Waals surface area contributed by atoms with Crippen LogP contribution in [0.5, 0.6) is 5.75 Å². The van der Waals surface area contributed by atoms with Gasteiger partial charge in [0, 0.05) is 16.6 Å². The van der Waals surface area contributed by atoms with Gasteiger partial charge >= 0.3 is 5.97 Å². The molecule has 0 bridgehead atoms. The number of rotatable bonds is 5. The second kappa shape index (κ2) is 6.54. The van der Waals surface area contributed by atoms with Crippen LogP contribution in [0.3, 0.4) is 0 Å².